The van der Waals surface area contributed by atoms with Crippen LogP contribution in [-0.2, 0) is 0 Å². The smallest absolute Gasteiger partial charge is 0.127 e. The maximum atomic E-state index is 13.3. The Hall–Kier alpha value is -0.910. The van der Waals surface area contributed by atoms with Crippen LogP contribution in [0.4, 0.5) is 4.39 Å². The summed E-state index contributed by atoms with van der Waals surface area (Å²) < 4.78 is 21.2. The van der Waals surface area contributed by atoms with E-state index in [2.05, 4.69) is 31.9 Å². The lowest BCUT2D eigenvalue weighted by Gasteiger charge is -2.30. The average molecular weight is 401 g/mol. The first kappa shape index (κ1) is 14.0. The summed E-state index contributed by atoms with van der Waals surface area (Å²) in [7, 11) is 0. The van der Waals surface area contributed by atoms with Crippen molar-refractivity contribution in [2.75, 3.05) is 0 Å². The van der Waals surface area contributed by atoms with Crippen LogP contribution in [0.15, 0.2) is 45.3 Å². The molecule has 0 saturated heterocycles. The van der Waals surface area contributed by atoms with E-state index in [-0.39, 0.29) is 18.0 Å². The number of benzene rings is 2. The Labute approximate surface area is 133 Å². The first-order chi connectivity index (χ1) is 9.54. The quantitative estimate of drug-likeness (QED) is 0.740. The van der Waals surface area contributed by atoms with Crippen molar-refractivity contribution in [2.24, 2.45) is 5.73 Å². The van der Waals surface area contributed by atoms with Crippen molar-refractivity contribution in [3.63, 3.8) is 0 Å². The zero-order valence-corrected chi connectivity index (χ0v) is 13.6. The lowest BCUT2D eigenvalue weighted by Crippen LogP contribution is -2.24. The van der Waals surface area contributed by atoms with Gasteiger partial charge in [-0.15, -0.1) is 0 Å². The van der Waals surface area contributed by atoms with Crippen LogP contribution < -0.4 is 10.5 Å². The molecule has 0 radical (unpaired) electrons. The number of ether oxygens (including phenoxy) is 1. The van der Waals surface area contributed by atoms with Gasteiger partial charge in [0.1, 0.15) is 17.7 Å². The molecule has 0 aromatic heterocycles. The highest BCUT2D eigenvalue weighted by atomic mass is 79.9. The van der Waals surface area contributed by atoms with Crippen molar-refractivity contribution in [3.05, 3.63) is 62.3 Å². The number of nitrogens with two attached hydrogens (primary N) is 1. The van der Waals surface area contributed by atoms with E-state index in [9.17, 15) is 4.39 Å². The van der Waals surface area contributed by atoms with Gasteiger partial charge in [-0.25, -0.2) is 4.39 Å². The molecule has 2 N–H and O–H groups in total. The van der Waals surface area contributed by atoms with E-state index in [0.717, 1.165) is 20.1 Å². The predicted octanol–water partition coefficient (Wildman–Crippen LogP) is 4.87. The number of hydrogen-bond acceptors (Lipinski definition) is 2. The Balaban J connectivity index is 1.96. The summed E-state index contributed by atoms with van der Waals surface area (Å²) >= 11 is 6.92. The van der Waals surface area contributed by atoms with Crippen LogP contribution in [0, 0.1) is 5.82 Å². The van der Waals surface area contributed by atoms with Gasteiger partial charge in [-0.3, -0.25) is 0 Å². The highest BCUT2D eigenvalue weighted by molar-refractivity contribution is 9.13. The third-order valence-electron chi connectivity index (χ3n) is 3.43. The molecule has 0 spiro atoms. The molecule has 0 bridgehead atoms. The molecule has 104 valence electrons. The Kier molecular flexibility index (Phi) is 3.84. The third-order valence-corrected chi connectivity index (χ3v) is 5.31. The van der Waals surface area contributed by atoms with E-state index < -0.39 is 0 Å². The zero-order chi connectivity index (χ0) is 14.3. The van der Waals surface area contributed by atoms with E-state index >= 15 is 0 Å². The molecule has 0 amide bonds. The van der Waals surface area contributed by atoms with Gasteiger partial charge in [0.25, 0.3) is 0 Å². The lowest BCUT2D eigenvalue weighted by molar-refractivity contribution is 0.160. The van der Waals surface area contributed by atoms with Gasteiger partial charge in [-0.1, -0.05) is 12.1 Å². The second kappa shape index (κ2) is 5.47. The van der Waals surface area contributed by atoms with Gasteiger partial charge in [0, 0.05) is 33.0 Å². The molecule has 1 heterocycles. The topological polar surface area (TPSA) is 35.2 Å². The van der Waals surface area contributed by atoms with E-state index in [4.69, 9.17) is 10.5 Å². The minimum absolute atomic E-state index is 0.147. The first-order valence-corrected chi connectivity index (χ1v) is 7.80. The van der Waals surface area contributed by atoms with Gasteiger partial charge in [0.15, 0.2) is 0 Å². The van der Waals surface area contributed by atoms with Crippen LogP contribution in [0.3, 0.4) is 0 Å². The molecule has 0 aliphatic carbocycles. The summed E-state index contributed by atoms with van der Waals surface area (Å²) in [5, 5.41) is 0. The van der Waals surface area contributed by atoms with Crippen molar-refractivity contribution in [2.45, 2.75) is 18.6 Å². The molecule has 0 fully saturated rings. The Morgan fingerprint density at radius 3 is 2.65 bits per heavy atom. The molecule has 1 aliphatic rings. The lowest BCUT2D eigenvalue weighted by atomic mass is 9.93. The number of halogens is 3. The second-order valence-electron chi connectivity index (χ2n) is 4.80. The van der Waals surface area contributed by atoms with Gasteiger partial charge >= 0.3 is 0 Å². The van der Waals surface area contributed by atoms with Crippen LogP contribution in [0.25, 0.3) is 0 Å². The summed E-state index contributed by atoms with van der Waals surface area (Å²) in [5.74, 6) is 0.223. The molecular formula is C15H12Br2FNO. The molecule has 2 nitrogen and oxygen atoms in total. The van der Waals surface area contributed by atoms with Crippen molar-refractivity contribution < 1.29 is 9.13 Å². The zero-order valence-electron chi connectivity index (χ0n) is 10.4. The maximum Gasteiger partial charge on any atom is 0.127 e. The molecule has 2 aromatic rings. The fourth-order valence-corrected chi connectivity index (χ4v) is 3.04. The average Bonchev–Trinajstić information content (AvgIpc) is 2.41. The minimum atomic E-state index is -0.311. The largest absolute Gasteiger partial charge is 0.485 e. The van der Waals surface area contributed by atoms with Gasteiger partial charge in [0.05, 0.1) is 0 Å². The number of rotatable bonds is 1. The van der Waals surface area contributed by atoms with Crippen LogP contribution >= 0.6 is 31.9 Å². The minimum Gasteiger partial charge on any atom is -0.485 e. The molecule has 1 aliphatic heterocycles. The van der Waals surface area contributed by atoms with Crippen molar-refractivity contribution in [3.8, 4) is 5.75 Å². The van der Waals surface area contributed by atoms with Gasteiger partial charge in [0.2, 0.25) is 0 Å². The maximum absolute atomic E-state index is 13.3. The Bertz CT molecular complexity index is 662. The van der Waals surface area contributed by atoms with E-state index in [1.807, 2.05) is 18.2 Å². The molecule has 2 aromatic carbocycles. The molecule has 3 rings (SSSR count). The van der Waals surface area contributed by atoms with E-state index in [0.29, 0.717) is 12.2 Å². The fraction of sp³-hybridized carbons (Fsp3) is 0.200. The normalized spacial score (nSPS) is 21.2. The molecule has 20 heavy (non-hydrogen) atoms. The summed E-state index contributed by atoms with van der Waals surface area (Å²) in [4.78, 5) is 0. The van der Waals surface area contributed by atoms with Crippen molar-refractivity contribution >= 4 is 31.9 Å². The Morgan fingerprint density at radius 1 is 1.10 bits per heavy atom. The summed E-state index contributed by atoms with van der Waals surface area (Å²) in [6.07, 6.45) is 0.510. The van der Waals surface area contributed by atoms with Gasteiger partial charge in [-0.05, 0) is 55.6 Å². The highest BCUT2D eigenvalue weighted by Gasteiger charge is 2.27. The summed E-state index contributed by atoms with van der Waals surface area (Å²) in [6, 6.07) is 10.3. The van der Waals surface area contributed by atoms with Gasteiger partial charge < -0.3 is 10.5 Å². The van der Waals surface area contributed by atoms with E-state index in [1.54, 1.807) is 6.07 Å². The number of fused-ring (bicyclic) bond motifs is 1. The SMILES string of the molecule is NC1CC(c2ccc(Br)c(Br)c2)Oc2cc(F)ccc21. The molecule has 2 atom stereocenters. The van der Waals surface area contributed by atoms with Crippen molar-refractivity contribution in [1.82, 2.24) is 0 Å². The molecule has 0 saturated carbocycles. The van der Waals surface area contributed by atoms with Crippen LogP contribution in [0.1, 0.15) is 29.7 Å². The first-order valence-electron chi connectivity index (χ1n) is 6.21. The third kappa shape index (κ3) is 2.62. The monoisotopic (exact) mass is 399 g/mol. The molecule has 5 heteroatoms. The van der Waals surface area contributed by atoms with Crippen LogP contribution in [-0.4, -0.2) is 0 Å². The highest BCUT2D eigenvalue weighted by Crippen LogP contribution is 2.40. The molecular weight excluding hydrogens is 389 g/mol. The fourth-order valence-electron chi connectivity index (χ4n) is 2.39. The standard InChI is InChI=1S/C15H12Br2FNO/c16-11-4-1-8(5-12(11)17)14-7-13(19)10-3-2-9(18)6-15(10)20-14/h1-6,13-14H,7,19H2. The van der Waals surface area contributed by atoms with Crippen molar-refractivity contribution in [1.29, 1.82) is 0 Å². The number of hydrogen-bond donors (Lipinski definition) is 1. The Morgan fingerprint density at radius 2 is 1.90 bits per heavy atom. The van der Waals surface area contributed by atoms with Crippen LogP contribution in [0.5, 0.6) is 5.75 Å². The summed E-state index contributed by atoms with van der Waals surface area (Å²) in [6.45, 7) is 0. The molecule has 2 unspecified atom stereocenters. The van der Waals surface area contributed by atoms with Gasteiger partial charge in [-0.2, -0.15) is 0 Å². The second-order valence-corrected chi connectivity index (χ2v) is 6.51. The predicted molar refractivity (Wildman–Crippen MR) is 83.2 cm³/mol. The summed E-state index contributed by atoms with van der Waals surface area (Å²) in [5.41, 5.74) is 8.05. The van der Waals surface area contributed by atoms with Crippen LogP contribution in [0.2, 0.25) is 0 Å². The van der Waals surface area contributed by atoms with E-state index in [1.165, 1.54) is 12.1 Å².